The second-order valence-corrected chi connectivity index (χ2v) is 5.51. The maximum atomic E-state index is 12.1. The van der Waals surface area contributed by atoms with E-state index in [2.05, 4.69) is 5.32 Å². The highest BCUT2D eigenvalue weighted by atomic mass is 16.5. The van der Waals surface area contributed by atoms with E-state index >= 15 is 0 Å². The van der Waals surface area contributed by atoms with Crippen LogP contribution in [0.15, 0.2) is 24.3 Å². The van der Waals surface area contributed by atoms with E-state index in [1.165, 1.54) is 0 Å². The zero-order chi connectivity index (χ0) is 16.5. The number of anilines is 1. The maximum absolute atomic E-state index is 12.1. The van der Waals surface area contributed by atoms with Crippen molar-refractivity contribution in [3.63, 3.8) is 0 Å². The number of carbonyl (C=O) groups excluding carboxylic acids is 2. The van der Waals surface area contributed by atoms with Crippen molar-refractivity contribution in [1.29, 1.82) is 0 Å². The molecule has 1 aromatic rings. The molecule has 1 saturated heterocycles. The second-order valence-electron chi connectivity index (χ2n) is 5.51. The Bertz CT molecular complexity index is 527. The molecule has 1 aliphatic heterocycles. The summed E-state index contributed by atoms with van der Waals surface area (Å²) in [6.07, 6.45) is 1.83. The molecule has 126 valence electrons. The molecule has 0 unspecified atom stereocenters. The molecule has 1 heterocycles. The van der Waals surface area contributed by atoms with E-state index in [1.807, 2.05) is 11.8 Å². The molecule has 0 atom stereocenters. The Labute approximate surface area is 136 Å². The first-order valence-electron chi connectivity index (χ1n) is 8.06. The summed E-state index contributed by atoms with van der Waals surface area (Å²) >= 11 is 0. The Morgan fingerprint density at radius 3 is 2.83 bits per heavy atom. The number of ether oxygens (including phenoxy) is 2. The zero-order valence-electron chi connectivity index (χ0n) is 13.5. The number of hydrogen-bond donors (Lipinski definition) is 1. The van der Waals surface area contributed by atoms with Crippen molar-refractivity contribution in [3.05, 3.63) is 29.8 Å². The normalized spacial score (nSPS) is 15.2. The fourth-order valence-electron chi connectivity index (χ4n) is 2.28. The lowest BCUT2D eigenvalue weighted by atomic mass is 10.2. The number of carbonyl (C=O) groups is 2. The number of benzene rings is 1. The van der Waals surface area contributed by atoms with Gasteiger partial charge < -0.3 is 14.8 Å². The molecule has 0 spiro atoms. The van der Waals surface area contributed by atoms with Gasteiger partial charge in [-0.15, -0.1) is 0 Å². The van der Waals surface area contributed by atoms with Crippen molar-refractivity contribution in [1.82, 2.24) is 4.90 Å². The number of morpholine rings is 1. The van der Waals surface area contributed by atoms with Gasteiger partial charge in [0.05, 0.1) is 31.9 Å². The van der Waals surface area contributed by atoms with Crippen LogP contribution < -0.4 is 5.32 Å². The highest BCUT2D eigenvalue weighted by Crippen LogP contribution is 2.12. The average Bonchev–Trinajstić information content (AvgIpc) is 2.56. The summed E-state index contributed by atoms with van der Waals surface area (Å²) in [5.74, 6) is -0.453. The molecule has 6 heteroatoms. The summed E-state index contributed by atoms with van der Waals surface area (Å²) in [5, 5.41) is 2.82. The number of amides is 1. The van der Waals surface area contributed by atoms with Crippen molar-refractivity contribution in [2.45, 2.75) is 19.8 Å². The molecule has 1 amide bonds. The Balaban J connectivity index is 1.86. The van der Waals surface area contributed by atoms with E-state index in [1.54, 1.807) is 24.3 Å². The minimum Gasteiger partial charge on any atom is -0.462 e. The van der Waals surface area contributed by atoms with Crippen LogP contribution >= 0.6 is 0 Å². The van der Waals surface area contributed by atoms with Crippen LogP contribution in [0.5, 0.6) is 0 Å². The predicted molar refractivity (Wildman–Crippen MR) is 87.5 cm³/mol. The van der Waals surface area contributed by atoms with E-state index in [-0.39, 0.29) is 11.9 Å². The molecule has 23 heavy (non-hydrogen) atoms. The minimum absolute atomic E-state index is 0.0941. The topological polar surface area (TPSA) is 67.9 Å². The predicted octanol–water partition coefficient (Wildman–Crippen LogP) is 1.91. The van der Waals surface area contributed by atoms with E-state index in [4.69, 9.17) is 9.47 Å². The van der Waals surface area contributed by atoms with Crippen molar-refractivity contribution in [2.24, 2.45) is 0 Å². The van der Waals surface area contributed by atoms with Crippen LogP contribution in [-0.2, 0) is 14.3 Å². The van der Waals surface area contributed by atoms with Gasteiger partial charge in [0.15, 0.2) is 0 Å². The van der Waals surface area contributed by atoms with Gasteiger partial charge in [-0.3, -0.25) is 9.69 Å². The Hall–Kier alpha value is -1.92. The molecule has 1 aliphatic rings. The fourth-order valence-corrected chi connectivity index (χ4v) is 2.28. The first-order valence-corrected chi connectivity index (χ1v) is 8.06. The smallest absolute Gasteiger partial charge is 0.338 e. The summed E-state index contributed by atoms with van der Waals surface area (Å²) < 4.78 is 10.4. The Morgan fingerprint density at radius 1 is 1.30 bits per heavy atom. The maximum Gasteiger partial charge on any atom is 0.338 e. The van der Waals surface area contributed by atoms with Crippen LogP contribution in [0.4, 0.5) is 5.69 Å². The molecule has 0 bridgehead atoms. The number of nitrogens with zero attached hydrogens (tertiary/aromatic N) is 1. The van der Waals surface area contributed by atoms with Gasteiger partial charge in [-0.2, -0.15) is 0 Å². The number of unbranched alkanes of at least 4 members (excludes halogenated alkanes) is 1. The van der Waals surface area contributed by atoms with Gasteiger partial charge in [0.1, 0.15) is 0 Å². The molecule has 6 nitrogen and oxygen atoms in total. The summed E-state index contributed by atoms with van der Waals surface area (Å²) in [6.45, 7) is 5.63. The third-order valence-electron chi connectivity index (χ3n) is 3.58. The molecule has 1 aromatic carbocycles. The number of rotatable bonds is 7. The van der Waals surface area contributed by atoms with Crippen LogP contribution in [0, 0.1) is 0 Å². The molecule has 2 rings (SSSR count). The summed E-state index contributed by atoms with van der Waals surface area (Å²) in [4.78, 5) is 26.0. The van der Waals surface area contributed by atoms with Crippen LogP contribution in [0.1, 0.15) is 30.1 Å². The van der Waals surface area contributed by atoms with Gasteiger partial charge >= 0.3 is 5.97 Å². The molecular formula is C17H24N2O4. The van der Waals surface area contributed by atoms with Crippen molar-refractivity contribution in [3.8, 4) is 0 Å². The lowest BCUT2D eigenvalue weighted by Crippen LogP contribution is -2.41. The monoisotopic (exact) mass is 320 g/mol. The van der Waals surface area contributed by atoms with Crippen LogP contribution in [0.3, 0.4) is 0 Å². The van der Waals surface area contributed by atoms with Crippen LogP contribution in [0.2, 0.25) is 0 Å². The average molecular weight is 320 g/mol. The van der Waals surface area contributed by atoms with E-state index in [0.717, 1.165) is 25.9 Å². The summed E-state index contributed by atoms with van der Waals surface area (Å²) in [5.41, 5.74) is 1.05. The molecule has 1 fully saturated rings. The lowest BCUT2D eigenvalue weighted by Gasteiger charge is -2.25. The van der Waals surface area contributed by atoms with E-state index in [0.29, 0.717) is 37.6 Å². The Morgan fingerprint density at radius 2 is 2.09 bits per heavy atom. The van der Waals surface area contributed by atoms with Gasteiger partial charge in [0, 0.05) is 18.8 Å². The van der Waals surface area contributed by atoms with Crippen molar-refractivity contribution < 1.29 is 19.1 Å². The molecule has 1 N–H and O–H groups in total. The van der Waals surface area contributed by atoms with Crippen molar-refractivity contribution >= 4 is 17.6 Å². The molecular weight excluding hydrogens is 296 g/mol. The third-order valence-corrected chi connectivity index (χ3v) is 3.58. The van der Waals surface area contributed by atoms with Gasteiger partial charge in [0.2, 0.25) is 5.91 Å². The quantitative estimate of drug-likeness (QED) is 0.614. The van der Waals surface area contributed by atoms with E-state index in [9.17, 15) is 9.59 Å². The highest BCUT2D eigenvalue weighted by Gasteiger charge is 2.15. The number of nitrogens with one attached hydrogen (secondary N) is 1. The standard InChI is InChI=1S/C17H24N2O4/c1-2-3-9-23-17(21)14-5-4-6-15(12-14)18-16(20)13-19-7-10-22-11-8-19/h4-6,12H,2-3,7-11,13H2,1H3,(H,18,20). The minimum atomic E-state index is -0.359. The largest absolute Gasteiger partial charge is 0.462 e. The molecule has 0 aromatic heterocycles. The van der Waals surface area contributed by atoms with Gasteiger partial charge in [-0.05, 0) is 24.6 Å². The second kappa shape index (κ2) is 9.27. The highest BCUT2D eigenvalue weighted by molar-refractivity contribution is 5.95. The van der Waals surface area contributed by atoms with Gasteiger partial charge in [-0.1, -0.05) is 19.4 Å². The fraction of sp³-hybridized carbons (Fsp3) is 0.529. The van der Waals surface area contributed by atoms with Gasteiger partial charge in [-0.25, -0.2) is 4.79 Å². The lowest BCUT2D eigenvalue weighted by molar-refractivity contribution is -0.118. The van der Waals surface area contributed by atoms with Crippen molar-refractivity contribution in [2.75, 3.05) is 44.8 Å². The van der Waals surface area contributed by atoms with Crippen LogP contribution in [-0.4, -0.2) is 56.2 Å². The van der Waals surface area contributed by atoms with Gasteiger partial charge in [0.25, 0.3) is 0 Å². The number of hydrogen-bond acceptors (Lipinski definition) is 5. The number of esters is 1. The third kappa shape index (κ3) is 6.00. The first-order chi connectivity index (χ1) is 11.2. The first kappa shape index (κ1) is 17.4. The molecule has 0 radical (unpaired) electrons. The molecule has 0 saturated carbocycles. The summed E-state index contributed by atoms with van der Waals surface area (Å²) in [7, 11) is 0. The zero-order valence-corrected chi connectivity index (χ0v) is 13.5. The van der Waals surface area contributed by atoms with E-state index < -0.39 is 0 Å². The Kier molecular flexibility index (Phi) is 7.03. The van der Waals surface area contributed by atoms with Crippen LogP contribution in [0.25, 0.3) is 0 Å². The summed E-state index contributed by atoms with van der Waals surface area (Å²) in [6, 6.07) is 6.83. The SMILES string of the molecule is CCCCOC(=O)c1cccc(NC(=O)CN2CCOCC2)c1. The molecule has 0 aliphatic carbocycles.